The molecule has 0 saturated carbocycles. The molecule has 0 radical (unpaired) electrons. The fraction of sp³-hybridized carbons (Fsp3) is 0.250. The fourth-order valence-corrected chi connectivity index (χ4v) is 2.59. The zero-order valence-electron chi connectivity index (χ0n) is 11.2. The lowest BCUT2D eigenvalue weighted by Crippen LogP contribution is -2.14. The van der Waals surface area contributed by atoms with Crippen molar-refractivity contribution < 1.29 is 4.39 Å². The molecule has 20 heavy (non-hydrogen) atoms. The molecule has 0 saturated heterocycles. The third-order valence-corrected chi connectivity index (χ3v) is 3.76. The van der Waals surface area contributed by atoms with Gasteiger partial charge in [-0.15, -0.1) is 0 Å². The molecule has 1 nitrogen and oxygen atoms in total. The van der Waals surface area contributed by atoms with E-state index in [0.717, 1.165) is 28.6 Å². The highest BCUT2D eigenvalue weighted by Gasteiger charge is 2.11. The Morgan fingerprint density at radius 3 is 2.70 bits per heavy atom. The van der Waals surface area contributed by atoms with Crippen molar-refractivity contribution in [1.82, 2.24) is 5.32 Å². The molecule has 1 N–H and O–H groups in total. The lowest BCUT2D eigenvalue weighted by Gasteiger charge is -2.12. The lowest BCUT2D eigenvalue weighted by molar-refractivity contribution is 0.630. The second-order valence-electron chi connectivity index (χ2n) is 4.60. The molecule has 2 aromatic carbocycles. The van der Waals surface area contributed by atoms with Crippen LogP contribution in [-0.4, -0.2) is 6.54 Å². The summed E-state index contributed by atoms with van der Waals surface area (Å²) in [7, 11) is 0. The minimum atomic E-state index is -0.243. The Labute approximate surface area is 132 Å². The highest BCUT2D eigenvalue weighted by Crippen LogP contribution is 2.31. The molecule has 0 amide bonds. The van der Waals surface area contributed by atoms with Crippen LogP contribution in [0.15, 0.2) is 40.9 Å². The Kier molecular flexibility index (Phi) is 5.58. The van der Waals surface area contributed by atoms with E-state index >= 15 is 0 Å². The average Bonchev–Trinajstić information content (AvgIpc) is 2.43. The van der Waals surface area contributed by atoms with E-state index in [1.165, 1.54) is 6.07 Å². The predicted molar refractivity (Wildman–Crippen MR) is 86.5 cm³/mol. The first-order valence-corrected chi connectivity index (χ1v) is 7.73. The molecule has 2 aromatic rings. The summed E-state index contributed by atoms with van der Waals surface area (Å²) in [6.45, 7) is 3.75. The van der Waals surface area contributed by atoms with Gasteiger partial charge in [0.2, 0.25) is 0 Å². The Hall–Kier alpha value is -0.900. The molecule has 0 bridgehead atoms. The van der Waals surface area contributed by atoms with Gasteiger partial charge in [-0.2, -0.15) is 0 Å². The van der Waals surface area contributed by atoms with Crippen molar-refractivity contribution in [2.45, 2.75) is 19.9 Å². The second kappa shape index (κ2) is 7.21. The maximum absolute atomic E-state index is 14.1. The van der Waals surface area contributed by atoms with Gasteiger partial charge in [-0.25, -0.2) is 4.39 Å². The molecule has 0 aromatic heterocycles. The molecule has 0 fully saturated rings. The normalized spacial score (nSPS) is 10.8. The van der Waals surface area contributed by atoms with Gasteiger partial charge in [-0.05, 0) is 54.4 Å². The van der Waals surface area contributed by atoms with Gasteiger partial charge < -0.3 is 5.32 Å². The molecule has 0 spiro atoms. The molecule has 0 aliphatic rings. The summed E-state index contributed by atoms with van der Waals surface area (Å²) in [6, 6.07) is 10.5. The van der Waals surface area contributed by atoms with Crippen LogP contribution < -0.4 is 5.32 Å². The van der Waals surface area contributed by atoms with Crippen molar-refractivity contribution in [2.75, 3.05) is 6.54 Å². The van der Waals surface area contributed by atoms with Crippen LogP contribution in [0.2, 0.25) is 5.02 Å². The minimum absolute atomic E-state index is 0.243. The lowest BCUT2D eigenvalue weighted by atomic mass is 9.99. The van der Waals surface area contributed by atoms with E-state index in [9.17, 15) is 4.39 Å². The Bertz CT molecular complexity index is 601. The van der Waals surface area contributed by atoms with E-state index < -0.39 is 0 Å². The quantitative estimate of drug-likeness (QED) is 0.706. The SMILES string of the molecule is CCCNCc1ccc(Cl)cc1-c1cc(Br)ccc1F. The van der Waals surface area contributed by atoms with Crippen LogP contribution in [0.25, 0.3) is 11.1 Å². The minimum Gasteiger partial charge on any atom is -0.313 e. The van der Waals surface area contributed by atoms with Crippen molar-refractivity contribution in [3.05, 3.63) is 57.3 Å². The summed E-state index contributed by atoms with van der Waals surface area (Å²) < 4.78 is 14.9. The molecule has 0 aliphatic heterocycles. The van der Waals surface area contributed by atoms with Gasteiger partial charge >= 0.3 is 0 Å². The van der Waals surface area contributed by atoms with Crippen LogP contribution in [0.4, 0.5) is 4.39 Å². The number of halogens is 3. The molecular weight excluding hydrogens is 341 g/mol. The molecule has 4 heteroatoms. The van der Waals surface area contributed by atoms with Crippen LogP contribution >= 0.6 is 27.5 Å². The topological polar surface area (TPSA) is 12.0 Å². The van der Waals surface area contributed by atoms with Gasteiger partial charge in [0, 0.05) is 21.6 Å². The Morgan fingerprint density at radius 2 is 1.95 bits per heavy atom. The molecule has 0 aliphatic carbocycles. The van der Waals surface area contributed by atoms with Gasteiger partial charge in [0.25, 0.3) is 0 Å². The van der Waals surface area contributed by atoms with Gasteiger partial charge in [0.1, 0.15) is 5.82 Å². The second-order valence-corrected chi connectivity index (χ2v) is 5.95. The third-order valence-electron chi connectivity index (χ3n) is 3.03. The Balaban J connectivity index is 2.42. The van der Waals surface area contributed by atoms with Crippen molar-refractivity contribution in [2.24, 2.45) is 0 Å². The smallest absolute Gasteiger partial charge is 0.131 e. The molecule has 0 atom stereocenters. The molecule has 0 unspecified atom stereocenters. The molecular formula is C16H16BrClFN. The van der Waals surface area contributed by atoms with Crippen LogP contribution in [0.3, 0.4) is 0 Å². The largest absolute Gasteiger partial charge is 0.313 e. The first-order chi connectivity index (χ1) is 9.61. The summed E-state index contributed by atoms with van der Waals surface area (Å²) >= 11 is 9.45. The number of benzene rings is 2. The molecule has 2 rings (SSSR count). The van der Waals surface area contributed by atoms with Gasteiger partial charge in [-0.3, -0.25) is 0 Å². The third kappa shape index (κ3) is 3.81. The predicted octanol–water partition coefficient (Wildman–Crippen LogP) is 5.41. The first kappa shape index (κ1) is 15.5. The summed E-state index contributed by atoms with van der Waals surface area (Å²) in [5.41, 5.74) is 2.44. The summed E-state index contributed by atoms with van der Waals surface area (Å²) in [4.78, 5) is 0. The maximum atomic E-state index is 14.1. The average molecular weight is 357 g/mol. The van der Waals surface area contributed by atoms with Crippen molar-refractivity contribution in [3.63, 3.8) is 0 Å². The van der Waals surface area contributed by atoms with E-state index in [-0.39, 0.29) is 5.82 Å². The highest BCUT2D eigenvalue weighted by atomic mass is 79.9. The van der Waals surface area contributed by atoms with Crippen LogP contribution in [0.1, 0.15) is 18.9 Å². The monoisotopic (exact) mass is 355 g/mol. The van der Waals surface area contributed by atoms with Gasteiger partial charge in [0.15, 0.2) is 0 Å². The van der Waals surface area contributed by atoms with E-state index in [1.54, 1.807) is 12.1 Å². The van der Waals surface area contributed by atoms with Crippen LogP contribution in [0, 0.1) is 5.82 Å². The highest BCUT2D eigenvalue weighted by molar-refractivity contribution is 9.10. The van der Waals surface area contributed by atoms with E-state index in [4.69, 9.17) is 11.6 Å². The van der Waals surface area contributed by atoms with Crippen molar-refractivity contribution >= 4 is 27.5 Å². The zero-order valence-corrected chi connectivity index (χ0v) is 13.6. The molecule has 106 valence electrons. The number of nitrogens with one attached hydrogen (secondary N) is 1. The maximum Gasteiger partial charge on any atom is 0.131 e. The number of rotatable bonds is 5. The van der Waals surface area contributed by atoms with Crippen molar-refractivity contribution in [3.8, 4) is 11.1 Å². The first-order valence-electron chi connectivity index (χ1n) is 6.56. The molecule has 0 heterocycles. The Morgan fingerprint density at radius 1 is 1.15 bits per heavy atom. The fourth-order valence-electron chi connectivity index (χ4n) is 2.06. The van der Waals surface area contributed by atoms with Gasteiger partial charge in [0.05, 0.1) is 0 Å². The van der Waals surface area contributed by atoms with Crippen molar-refractivity contribution in [1.29, 1.82) is 0 Å². The summed E-state index contributed by atoms with van der Waals surface area (Å²) in [6.07, 6.45) is 1.06. The van der Waals surface area contributed by atoms with Crippen LogP contribution in [0.5, 0.6) is 0 Å². The van der Waals surface area contributed by atoms with E-state index in [2.05, 4.69) is 28.2 Å². The summed E-state index contributed by atoms with van der Waals surface area (Å²) in [5, 5.41) is 3.95. The zero-order chi connectivity index (χ0) is 14.5. The van der Waals surface area contributed by atoms with E-state index in [1.807, 2.05) is 18.2 Å². The standard InChI is InChI=1S/C16H16BrClFN/c1-2-7-20-10-11-3-5-13(18)9-14(11)15-8-12(17)4-6-16(15)19/h3-6,8-9,20H,2,7,10H2,1H3. The number of hydrogen-bond donors (Lipinski definition) is 1. The van der Waals surface area contributed by atoms with Crippen LogP contribution in [-0.2, 0) is 6.54 Å². The van der Waals surface area contributed by atoms with Gasteiger partial charge in [-0.1, -0.05) is 40.5 Å². The van der Waals surface area contributed by atoms with E-state index in [0.29, 0.717) is 17.1 Å². The summed E-state index contributed by atoms with van der Waals surface area (Å²) in [5.74, 6) is -0.243. The number of hydrogen-bond acceptors (Lipinski definition) is 1.